The van der Waals surface area contributed by atoms with Gasteiger partial charge in [0.2, 0.25) is 0 Å². The first-order valence-electron chi connectivity index (χ1n) is 8.60. The van der Waals surface area contributed by atoms with E-state index in [4.69, 9.17) is 13.9 Å². The molecule has 1 aliphatic rings. The van der Waals surface area contributed by atoms with Crippen molar-refractivity contribution in [2.45, 2.75) is 18.6 Å². The van der Waals surface area contributed by atoms with Crippen molar-refractivity contribution in [1.29, 1.82) is 0 Å². The summed E-state index contributed by atoms with van der Waals surface area (Å²) in [7, 11) is 1.48. The van der Waals surface area contributed by atoms with Crippen LogP contribution in [0, 0.1) is 0 Å². The van der Waals surface area contributed by atoms with E-state index in [0.29, 0.717) is 11.4 Å². The molecule has 148 valence electrons. The first-order chi connectivity index (χ1) is 13.5. The molecule has 0 bridgehead atoms. The number of aliphatic carboxylic acids is 1. The lowest BCUT2D eigenvalue weighted by Gasteiger charge is -2.21. The summed E-state index contributed by atoms with van der Waals surface area (Å²) in [5.74, 6) is -1.40. The van der Waals surface area contributed by atoms with Crippen LogP contribution in [0.15, 0.2) is 47.1 Å². The number of nitrogens with zero attached hydrogens (tertiary/aromatic N) is 1. The standard InChI is InChI=1S/C19H20N2O7/c1-26-14-9-15(19(24)25)21(10-14)17(22)11-28-13-5-2-4-12(8-13)20-18(23)16-6-3-7-27-16/h2-8,14-15H,9-11H2,1H3,(H,20,23)(H,24,25). The number of nitrogens with one attached hydrogen (secondary N) is 1. The van der Waals surface area contributed by atoms with Gasteiger partial charge in [-0.05, 0) is 24.3 Å². The minimum absolute atomic E-state index is 0.169. The Morgan fingerprint density at radius 1 is 1.29 bits per heavy atom. The Morgan fingerprint density at radius 3 is 2.79 bits per heavy atom. The third-order valence-corrected chi connectivity index (χ3v) is 4.40. The van der Waals surface area contributed by atoms with Crippen LogP contribution in [-0.2, 0) is 14.3 Å². The fraction of sp³-hybridized carbons (Fsp3) is 0.316. The Labute approximate surface area is 160 Å². The SMILES string of the molecule is COC1CC(C(=O)O)N(C(=O)COc2cccc(NC(=O)c3ccco3)c2)C1. The van der Waals surface area contributed by atoms with Crippen molar-refractivity contribution >= 4 is 23.5 Å². The lowest BCUT2D eigenvalue weighted by Crippen LogP contribution is -2.43. The zero-order valence-corrected chi connectivity index (χ0v) is 15.2. The van der Waals surface area contributed by atoms with E-state index in [-0.39, 0.29) is 31.4 Å². The molecule has 28 heavy (non-hydrogen) atoms. The molecule has 1 saturated heterocycles. The number of amides is 2. The molecule has 2 atom stereocenters. The molecule has 9 heteroatoms. The van der Waals surface area contributed by atoms with Gasteiger partial charge < -0.3 is 29.2 Å². The number of carbonyl (C=O) groups is 3. The van der Waals surface area contributed by atoms with E-state index >= 15 is 0 Å². The molecule has 2 heterocycles. The Morgan fingerprint density at radius 2 is 2.11 bits per heavy atom. The van der Waals surface area contributed by atoms with Gasteiger partial charge in [-0.2, -0.15) is 0 Å². The summed E-state index contributed by atoms with van der Waals surface area (Å²) in [4.78, 5) is 37.0. The van der Waals surface area contributed by atoms with Gasteiger partial charge in [0.25, 0.3) is 11.8 Å². The van der Waals surface area contributed by atoms with Crippen LogP contribution in [-0.4, -0.2) is 60.2 Å². The molecule has 2 N–H and O–H groups in total. The third-order valence-electron chi connectivity index (χ3n) is 4.40. The van der Waals surface area contributed by atoms with E-state index in [9.17, 15) is 19.5 Å². The van der Waals surface area contributed by atoms with E-state index < -0.39 is 23.8 Å². The highest BCUT2D eigenvalue weighted by atomic mass is 16.5. The molecule has 2 aromatic rings. The van der Waals surface area contributed by atoms with Crippen molar-refractivity contribution in [3.63, 3.8) is 0 Å². The number of hydrogen-bond donors (Lipinski definition) is 2. The van der Waals surface area contributed by atoms with E-state index in [1.54, 1.807) is 30.3 Å². The summed E-state index contributed by atoms with van der Waals surface area (Å²) in [5, 5.41) is 12.0. The first kappa shape index (κ1) is 19.4. The second kappa shape index (κ2) is 8.57. The molecule has 0 spiro atoms. The van der Waals surface area contributed by atoms with Crippen LogP contribution in [0.4, 0.5) is 5.69 Å². The maximum atomic E-state index is 12.4. The van der Waals surface area contributed by atoms with Crippen molar-refractivity contribution in [3.05, 3.63) is 48.4 Å². The second-order valence-electron chi connectivity index (χ2n) is 6.24. The molecule has 1 aromatic heterocycles. The quantitative estimate of drug-likeness (QED) is 0.740. The molecule has 9 nitrogen and oxygen atoms in total. The van der Waals surface area contributed by atoms with Crippen LogP contribution in [0.5, 0.6) is 5.75 Å². The van der Waals surface area contributed by atoms with E-state index in [0.717, 1.165) is 0 Å². The molecular formula is C19H20N2O7. The summed E-state index contributed by atoms with van der Waals surface area (Å²) >= 11 is 0. The Kier molecular flexibility index (Phi) is 5.95. The van der Waals surface area contributed by atoms with E-state index in [2.05, 4.69) is 5.32 Å². The minimum Gasteiger partial charge on any atom is -0.484 e. The van der Waals surface area contributed by atoms with Crippen LogP contribution in [0.2, 0.25) is 0 Å². The van der Waals surface area contributed by atoms with E-state index in [1.807, 2.05) is 0 Å². The maximum Gasteiger partial charge on any atom is 0.326 e. The summed E-state index contributed by atoms with van der Waals surface area (Å²) in [6, 6.07) is 8.73. The number of furan rings is 1. The van der Waals surface area contributed by atoms with Crippen LogP contribution in [0.1, 0.15) is 17.0 Å². The Hall–Kier alpha value is -3.33. The number of hydrogen-bond acceptors (Lipinski definition) is 6. The smallest absolute Gasteiger partial charge is 0.326 e. The van der Waals surface area contributed by atoms with Gasteiger partial charge in [-0.3, -0.25) is 9.59 Å². The highest BCUT2D eigenvalue weighted by Crippen LogP contribution is 2.22. The molecule has 0 radical (unpaired) electrons. The first-order valence-corrected chi connectivity index (χ1v) is 8.60. The monoisotopic (exact) mass is 388 g/mol. The van der Waals surface area contributed by atoms with E-state index in [1.165, 1.54) is 24.3 Å². The largest absolute Gasteiger partial charge is 0.484 e. The molecule has 2 unspecified atom stereocenters. The number of anilines is 1. The number of carboxylic acids is 1. The highest BCUT2D eigenvalue weighted by Gasteiger charge is 2.39. The predicted octanol–water partition coefficient (Wildman–Crippen LogP) is 1.61. The summed E-state index contributed by atoms with van der Waals surface area (Å²) in [6.07, 6.45) is 1.33. The van der Waals surface area contributed by atoms with Crippen LogP contribution in [0.3, 0.4) is 0 Å². The Balaban J connectivity index is 1.59. The van der Waals surface area contributed by atoms with Gasteiger partial charge in [-0.1, -0.05) is 6.07 Å². The fourth-order valence-corrected chi connectivity index (χ4v) is 2.97. The number of likely N-dealkylation sites (tertiary alicyclic amines) is 1. The number of rotatable bonds is 7. The number of carbonyl (C=O) groups excluding carboxylic acids is 2. The van der Waals surface area contributed by atoms with Gasteiger partial charge in [0.05, 0.1) is 12.4 Å². The number of ether oxygens (including phenoxy) is 2. The third kappa shape index (κ3) is 4.49. The van der Waals surface area contributed by atoms with Crippen molar-refractivity contribution in [1.82, 2.24) is 4.90 Å². The van der Waals surface area contributed by atoms with Gasteiger partial charge in [0, 0.05) is 31.8 Å². The number of carboxylic acid groups (broad SMARTS) is 1. The van der Waals surface area contributed by atoms with Crippen molar-refractivity contribution in [3.8, 4) is 5.75 Å². The Bertz CT molecular complexity index is 850. The average molecular weight is 388 g/mol. The molecule has 3 rings (SSSR count). The van der Waals surface area contributed by atoms with Gasteiger partial charge >= 0.3 is 5.97 Å². The second-order valence-corrected chi connectivity index (χ2v) is 6.24. The summed E-state index contributed by atoms with van der Waals surface area (Å²) in [5.41, 5.74) is 0.468. The van der Waals surface area contributed by atoms with Crippen LogP contribution < -0.4 is 10.1 Å². The maximum absolute atomic E-state index is 12.4. The molecular weight excluding hydrogens is 368 g/mol. The summed E-state index contributed by atoms with van der Waals surface area (Å²) in [6.45, 7) is -0.120. The van der Waals surface area contributed by atoms with Crippen LogP contribution in [0.25, 0.3) is 0 Å². The van der Waals surface area contributed by atoms with Crippen molar-refractivity contribution in [2.75, 3.05) is 25.6 Å². The van der Waals surface area contributed by atoms with Gasteiger partial charge in [0.15, 0.2) is 12.4 Å². The highest BCUT2D eigenvalue weighted by molar-refractivity contribution is 6.02. The van der Waals surface area contributed by atoms with Gasteiger partial charge in [0.1, 0.15) is 11.8 Å². The zero-order chi connectivity index (χ0) is 20.1. The number of benzene rings is 1. The van der Waals surface area contributed by atoms with Gasteiger partial charge in [-0.25, -0.2) is 4.79 Å². The molecule has 0 aliphatic carbocycles. The minimum atomic E-state index is -1.07. The number of methoxy groups -OCH3 is 1. The lowest BCUT2D eigenvalue weighted by atomic mass is 10.2. The summed E-state index contributed by atoms with van der Waals surface area (Å²) < 4.78 is 15.7. The molecule has 1 fully saturated rings. The molecule has 2 amide bonds. The lowest BCUT2D eigenvalue weighted by molar-refractivity contribution is -0.148. The van der Waals surface area contributed by atoms with Gasteiger partial charge in [-0.15, -0.1) is 0 Å². The predicted molar refractivity (Wildman–Crippen MR) is 97.1 cm³/mol. The average Bonchev–Trinajstić information content (AvgIpc) is 3.36. The normalized spacial score (nSPS) is 18.7. The van der Waals surface area contributed by atoms with Crippen molar-refractivity contribution < 1.29 is 33.4 Å². The fourth-order valence-electron chi connectivity index (χ4n) is 2.97. The van der Waals surface area contributed by atoms with Crippen molar-refractivity contribution in [2.24, 2.45) is 0 Å². The molecule has 0 saturated carbocycles. The van der Waals surface area contributed by atoms with Crippen LogP contribution >= 0.6 is 0 Å². The zero-order valence-electron chi connectivity index (χ0n) is 15.2. The topological polar surface area (TPSA) is 118 Å². The molecule has 1 aliphatic heterocycles. The molecule has 1 aromatic carbocycles.